The number of rotatable bonds is 6. The summed E-state index contributed by atoms with van der Waals surface area (Å²) in [5, 5.41) is 2.92. The molecule has 0 saturated carbocycles. The number of carbonyl (C=O) groups excluding carboxylic acids is 1. The molecule has 0 aliphatic rings. The highest BCUT2D eigenvalue weighted by atomic mass is 16.1. The molecule has 4 nitrogen and oxygen atoms in total. The maximum absolute atomic E-state index is 12.2. The van der Waals surface area contributed by atoms with E-state index in [0.29, 0.717) is 19.5 Å². The van der Waals surface area contributed by atoms with Crippen molar-refractivity contribution in [2.45, 2.75) is 19.9 Å². The van der Waals surface area contributed by atoms with E-state index < -0.39 is 0 Å². The highest BCUT2D eigenvalue weighted by Gasteiger charge is 2.17. The van der Waals surface area contributed by atoms with Crippen molar-refractivity contribution in [3.63, 3.8) is 0 Å². The molecule has 2 aromatic rings. The number of hydrogen-bond donors (Lipinski definition) is 2. The second kappa shape index (κ2) is 7.55. The Morgan fingerprint density at radius 2 is 1.95 bits per heavy atom. The molecule has 3 N–H and O–H groups in total. The van der Waals surface area contributed by atoms with Gasteiger partial charge in [0.25, 0.3) is 0 Å². The fourth-order valence-electron chi connectivity index (χ4n) is 2.20. The minimum absolute atomic E-state index is 0.0235. The fraction of sp³-hybridized carbons (Fsp3) is 0.294. The number of nitrogens with two attached hydrogens (primary N) is 1. The molecule has 0 fully saturated rings. The van der Waals surface area contributed by atoms with Crippen LogP contribution in [0.25, 0.3) is 0 Å². The van der Waals surface area contributed by atoms with Crippen LogP contribution >= 0.6 is 0 Å². The van der Waals surface area contributed by atoms with Crippen LogP contribution in [0.15, 0.2) is 48.5 Å². The zero-order valence-electron chi connectivity index (χ0n) is 12.3. The lowest BCUT2D eigenvalue weighted by molar-refractivity contribution is -0.124. The number of pyridine rings is 1. The van der Waals surface area contributed by atoms with Gasteiger partial charge in [0.1, 0.15) is 0 Å². The van der Waals surface area contributed by atoms with E-state index in [1.807, 2.05) is 55.5 Å². The van der Waals surface area contributed by atoms with Crippen LogP contribution in [0.4, 0.5) is 0 Å². The van der Waals surface area contributed by atoms with Gasteiger partial charge in [-0.3, -0.25) is 9.78 Å². The molecule has 0 bridgehead atoms. The summed E-state index contributed by atoms with van der Waals surface area (Å²) in [5.74, 6) is -0.234. The van der Waals surface area contributed by atoms with Crippen molar-refractivity contribution in [1.29, 1.82) is 0 Å². The van der Waals surface area contributed by atoms with Crippen LogP contribution in [0, 0.1) is 12.8 Å². The lowest BCUT2D eigenvalue weighted by Crippen LogP contribution is -2.36. The van der Waals surface area contributed by atoms with E-state index in [0.717, 1.165) is 17.0 Å². The number of aromatic nitrogens is 1. The SMILES string of the molecule is Cc1cccc(CNC(=O)C(CN)Cc2ccccc2)n1. The Morgan fingerprint density at radius 1 is 1.19 bits per heavy atom. The molecule has 0 spiro atoms. The zero-order chi connectivity index (χ0) is 15.1. The van der Waals surface area contributed by atoms with Crippen molar-refractivity contribution < 1.29 is 4.79 Å². The third-order valence-electron chi connectivity index (χ3n) is 3.37. The Morgan fingerprint density at radius 3 is 2.62 bits per heavy atom. The Hall–Kier alpha value is -2.20. The third-order valence-corrected chi connectivity index (χ3v) is 3.37. The first-order valence-corrected chi connectivity index (χ1v) is 7.13. The molecule has 0 saturated heterocycles. The summed E-state index contributed by atoms with van der Waals surface area (Å²) in [6.07, 6.45) is 0.657. The van der Waals surface area contributed by atoms with Gasteiger partial charge in [-0.05, 0) is 31.0 Å². The molecule has 2 rings (SSSR count). The molecule has 0 aliphatic heterocycles. The first kappa shape index (κ1) is 15.2. The van der Waals surface area contributed by atoms with Crippen molar-refractivity contribution in [2.24, 2.45) is 11.7 Å². The van der Waals surface area contributed by atoms with E-state index in [-0.39, 0.29) is 11.8 Å². The number of benzene rings is 1. The van der Waals surface area contributed by atoms with Crippen molar-refractivity contribution in [1.82, 2.24) is 10.3 Å². The van der Waals surface area contributed by atoms with Crippen molar-refractivity contribution in [2.75, 3.05) is 6.54 Å². The Balaban J connectivity index is 1.91. The second-order valence-electron chi connectivity index (χ2n) is 5.11. The summed E-state index contributed by atoms with van der Waals surface area (Å²) in [4.78, 5) is 16.6. The van der Waals surface area contributed by atoms with Crippen LogP contribution in [0.1, 0.15) is 17.0 Å². The maximum atomic E-state index is 12.2. The van der Waals surface area contributed by atoms with Crippen LogP contribution in [0.5, 0.6) is 0 Å². The van der Waals surface area contributed by atoms with Gasteiger partial charge in [0.15, 0.2) is 0 Å². The first-order valence-electron chi connectivity index (χ1n) is 7.13. The fourth-order valence-corrected chi connectivity index (χ4v) is 2.20. The van der Waals surface area contributed by atoms with Crippen LogP contribution in [-0.4, -0.2) is 17.4 Å². The lowest BCUT2D eigenvalue weighted by atomic mass is 9.98. The van der Waals surface area contributed by atoms with Crippen LogP contribution in [0.2, 0.25) is 0 Å². The number of hydrogen-bond acceptors (Lipinski definition) is 3. The summed E-state index contributed by atoms with van der Waals surface area (Å²) in [5.41, 5.74) is 8.67. The first-order chi connectivity index (χ1) is 10.2. The molecule has 4 heteroatoms. The predicted molar refractivity (Wildman–Crippen MR) is 83.5 cm³/mol. The van der Waals surface area contributed by atoms with Crippen LogP contribution in [0.3, 0.4) is 0 Å². The topological polar surface area (TPSA) is 68.0 Å². The van der Waals surface area contributed by atoms with Crippen molar-refractivity contribution in [3.05, 3.63) is 65.5 Å². The Labute approximate surface area is 125 Å². The highest BCUT2D eigenvalue weighted by molar-refractivity contribution is 5.79. The largest absolute Gasteiger partial charge is 0.350 e. The van der Waals surface area contributed by atoms with Gasteiger partial charge in [-0.15, -0.1) is 0 Å². The second-order valence-corrected chi connectivity index (χ2v) is 5.11. The normalized spacial score (nSPS) is 11.9. The minimum atomic E-state index is -0.211. The number of amides is 1. The van der Waals surface area contributed by atoms with Gasteiger partial charge in [0.05, 0.1) is 18.2 Å². The van der Waals surface area contributed by atoms with Gasteiger partial charge in [-0.2, -0.15) is 0 Å². The third kappa shape index (κ3) is 4.68. The molecule has 1 atom stereocenters. The Kier molecular flexibility index (Phi) is 5.46. The average Bonchev–Trinajstić information content (AvgIpc) is 2.51. The molecule has 1 aromatic carbocycles. The molecule has 110 valence electrons. The molecular formula is C17H21N3O. The molecule has 1 amide bonds. The summed E-state index contributed by atoms with van der Waals surface area (Å²) >= 11 is 0. The van der Waals surface area contributed by atoms with Gasteiger partial charge < -0.3 is 11.1 Å². The number of carbonyl (C=O) groups is 1. The zero-order valence-corrected chi connectivity index (χ0v) is 12.3. The monoisotopic (exact) mass is 283 g/mol. The summed E-state index contributed by atoms with van der Waals surface area (Å²) < 4.78 is 0. The molecule has 1 aromatic heterocycles. The molecule has 0 aliphatic carbocycles. The van der Waals surface area contributed by atoms with Gasteiger partial charge in [0, 0.05) is 12.2 Å². The van der Waals surface area contributed by atoms with E-state index >= 15 is 0 Å². The van der Waals surface area contributed by atoms with Crippen LogP contribution < -0.4 is 11.1 Å². The lowest BCUT2D eigenvalue weighted by Gasteiger charge is -2.15. The van der Waals surface area contributed by atoms with Gasteiger partial charge in [-0.1, -0.05) is 36.4 Å². The molecule has 21 heavy (non-hydrogen) atoms. The van der Waals surface area contributed by atoms with Crippen molar-refractivity contribution >= 4 is 5.91 Å². The van der Waals surface area contributed by atoms with E-state index in [1.54, 1.807) is 0 Å². The van der Waals surface area contributed by atoms with Gasteiger partial charge >= 0.3 is 0 Å². The van der Waals surface area contributed by atoms with Crippen molar-refractivity contribution in [3.8, 4) is 0 Å². The predicted octanol–water partition coefficient (Wildman–Crippen LogP) is 1.82. The number of nitrogens with one attached hydrogen (secondary N) is 1. The molecule has 0 radical (unpaired) electrons. The summed E-state index contributed by atoms with van der Waals surface area (Å²) in [6.45, 7) is 2.71. The maximum Gasteiger partial charge on any atom is 0.225 e. The van der Waals surface area contributed by atoms with E-state index in [1.165, 1.54) is 0 Å². The quantitative estimate of drug-likeness (QED) is 0.850. The van der Waals surface area contributed by atoms with Gasteiger partial charge in [-0.25, -0.2) is 0 Å². The smallest absolute Gasteiger partial charge is 0.225 e. The highest BCUT2D eigenvalue weighted by Crippen LogP contribution is 2.08. The average molecular weight is 283 g/mol. The standard InChI is InChI=1S/C17H21N3O/c1-13-6-5-9-16(20-13)12-19-17(21)15(11-18)10-14-7-3-2-4-8-14/h2-9,15H,10-12,18H2,1H3,(H,19,21). The van der Waals surface area contributed by atoms with E-state index in [9.17, 15) is 4.79 Å². The molecule has 1 unspecified atom stereocenters. The van der Waals surface area contributed by atoms with E-state index in [4.69, 9.17) is 5.73 Å². The molecular weight excluding hydrogens is 262 g/mol. The Bertz CT molecular complexity index is 584. The van der Waals surface area contributed by atoms with Gasteiger partial charge in [0.2, 0.25) is 5.91 Å². The number of nitrogens with zero attached hydrogens (tertiary/aromatic N) is 1. The molecule has 1 heterocycles. The minimum Gasteiger partial charge on any atom is -0.350 e. The summed E-state index contributed by atoms with van der Waals surface area (Å²) in [6, 6.07) is 15.7. The van der Waals surface area contributed by atoms with E-state index in [2.05, 4.69) is 10.3 Å². The summed E-state index contributed by atoms with van der Waals surface area (Å²) in [7, 11) is 0. The number of aryl methyl sites for hydroxylation is 1. The van der Waals surface area contributed by atoms with Crippen LogP contribution in [-0.2, 0) is 17.8 Å².